The lowest BCUT2D eigenvalue weighted by molar-refractivity contribution is 0.597. The van der Waals surface area contributed by atoms with Gasteiger partial charge >= 0.3 is 0 Å². The molecule has 0 unspecified atom stereocenters. The van der Waals surface area contributed by atoms with Crippen molar-refractivity contribution in [1.82, 2.24) is 4.98 Å². The summed E-state index contributed by atoms with van der Waals surface area (Å²) in [6, 6.07) is 1.68. The van der Waals surface area contributed by atoms with Gasteiger partial charge in [-0.25, -0.2) is 13.4 Å². The molecule has 1 N–H and O–H groups in total. The number of hydrogen-bond acceptors (Lipinski definition) is 3. The van der Waals surface area contributed by atoms with Crippen LogP contribution in [0.4, 0.5) is 5.69 Å². The Bertz CT molecular complexity index is 498. The fourth-order valence-corrected chi connectivity index (χ4v) is 3.16. The minimum Gasteiger partial charge on any atom is -0.280 e. The minimum atomic E-state index is -3.29. The molecule has 0 radical (unpaired) electrons. The second-order valence-electron chi connectivity index (χ2n) is 4.18. The van der Waals surface area contributed by atoms with E-state index >= 15 is 0 Å². The van der Waals surface area contributed by atoms with Crippen molar-refractivity contribution in [3.8, 4) is 0 Å². The molecule has 88 valence electrons. The van der Waals surface area contributed by atoms with E-state index < -0.39 is 10.0 Å². The van der Waals surface area contributed by atoms with Crippen molar-refractivity contribution in [3.05, 3.63) is 23.0 Å². The van der Waals surface area contributed by atoms with Crippen molar-refractivity contribution in [2.75, 3.05) is 10.5 Å². The van der Waals surface area contributed by atoms with Gasteiger partial charge in [0.15, 0.2) is 5.15 Å². The molecule has 0 bridgehead atoms. The summed E-state index contributed by atoms with van der Waals surface area (Å²) in [7, 11) is -3.29. The molecular formula is C10H13ClN2O2S. The van der Waals surface area contributed by atoms with Crippen LogP contribution in [0.2, 0.25) is 5.15 Å². The predicted molar refractivity (Wildman–Crippen MR) is 64.1 cm³/mol. The lowest BCUT2D eigenvalue weighted by Crippen LogP contribution is -2.18. The van der Waals surface area contributed by atoms with E-state index in [0.717, 1.165) is 18.4 Å². The van der Waals surface area contributed by atoms with E-state index in [9.17, 15) is 8.42 Å². The quantitative estimate of drug-likeness (QED) is 0.845. The first-order valence-corrected chi connectivity index (χ1v) is 7.12. The van der Waals surface area contributed by atoms with Crippen LogP contribution in [0.3, 0.4) is 0 Å². The maximum atomic E-state index is 11.7. The van der Waals surface area contributed by atoms with E-state index in [1.165, 1.54) is 0 Å². The van der Waals surface area contributed by atoms with Gasteiger partial charge in [-0.15, -0.1) is 0 Å². The zero-order chi connectivity index (χ0) is 11.8. The van der Waals surface area contributed by atoms with Crippen molar-refractivity contribution in [1.29, 1.82) is 0 Å². The molecule has 1 fully saturated rings. The lowest BCUT2D eigenvalue weighted by Gasteiger charge is -2.08. The molecule has 1 aromatic rings. The Kier molecular flexibility index (Phi) is 3.08. The van der Waals surface area contributed by atoms with Gasteiger partial charge in [0.25, 0.3) is 0 Å². The standard InChI is InChI=1S/C10H13ClN2O2S/c1-7-4-9(10(11)12-5-7)13-16(14,15)6-8-2-3-8/h4-5,8,13H,2-3,6H2,1H3. The van der Waals surface area contributed by atoms with Crippen LogP contribution in [0.1, 0.15) is 18.4 Å². The topological polar surface area (TPSA) is 59.1 Å². The van der Waals surface area contributed by atoms with Crippen LogP contribution in [-0.2, 0) is 10.0 Å². The Hall–Kier alpha value is -0.810. The summed E-state index contributed by atoms with van der Waals surface area (Å²) in [4.78, 5) is 3.90. The predicted octanol–water partition coefficient (Wildman–Crippen LogP) is 2.20. The molecule has 0 aliphatic heterocycles. The third kappa shape index (κ3) is 3.09. The van der Waals surface area contributed by atoms with Crippen LogP contribution in [0.25, 0.3) is 0 Å². The summed E-state index contributed by atoms with van der Waals surface area (Å²) in [6.07, 6.45) is 3.60. The highest BCUT2D eigenvalue weighted by Gasteiger charge is 2.28. The van der Waals surface area contributed by atoms with Crippen molar-refractivity contribution in [2.24, 2.45) is 5.92 Å². The number of aryl methyl sites for hydroxylation is 1. The zero-order valence-corrected chi connectivity index (χ0v) is 10.5. The average Bonchev–Trinajstić information content (AvgIpc) is 2.94. The highest BCUT2D eigenvalue weighted by atomic mass is 35.5. The first-order chi connectivity index (χ1) is 7.46. The molecule has 1 aromatic heterocycles. The Morgan fingerprint density at radius 3 is 2.88 bits per heavy atom. The van der Waals surface area contributed by atoms with Crippen LogP contribution >= 0.6 is 11.6 Å². The highest BCUT2D eigenvalue weighted by Crippen LogP contribution is 2.31. The SMILES string of the molecule is Cc1cnc(Cl)c(NS(=O)(=O)CC2CC2)c1. The second-order valence-corrected chi connectivity index (χ2v) is 6.30. The first kappa shape index (κ1) is 11.7. The lowest BCUT2D eigenvalue weighted by atomic mass is 10.3. The molecule has 2 rings (SSSR count). The molecule has 1 heterocycles. The molecule has 1 aliphatic rings. The Labute approximate surface area is 100 Å². The van der Waals surface area contributed by atoms with Gasteiger partial charge in [0.2, 0.25) is 10.0 Å². The van der Waals surface area contributed by atoms with E-state index in [2.05, 4.69) is 9.71 Å². The molecule has 0 aromatic carbocycles. The fourth-order valence-electron chi connectivity index (χ4n) is 1.43. The number of rotatable bonds is 4. The zero-order valence-electron chi connectivity index (χ0n) is 8.90. The van der Waals surface area contributed by atoms with Crippen LogP contribution in [0, 0.1) is 12.8 Å². The molecular weight excluding hydrogens is 248 g/mol. The molecule has 0 atom stereocenters. The number of nitrogens with zero attached hydrogens (tertiary/aromatic N) is 1. The number of sulfonamides is 1. The summed E-state index contributed by atoms with van der Waals surface area (Å²) in [5.74, 6) is 0.492. The van der Waals surface area contributed by atoms with Crippen LogP contribution in [-0.4, -0.2) is 19.2 Å². The third-order valence-electron chi connectivity index (χ3n) is 2.39. The van der Waals surface area contributed by atoms with E-state index in [-0.39, 0.29) is 10.9 Å². The van der Waals surface area contributed by atoms with Gasteiger partial charge in [-0.1, -0.05) is 11.6 Å². The summed E-state index contributed by atoms with van der Waals surface area (Å²) < 4.78 is 25.9. The number of pyridine rings is 1. The Morgan fingerprint density at radius 2 is 2.25 bits per heavy atom. The number of nitrogens with one attached hydrogen (secondary N) is 1. The average molecular weight is 261 g/mol. The van der Waals surface area contributed by atoms with E-state index in [4.69, 9.17) is 11.6 Å². The molecule has 0 spiro atoms. The molecule has 0 saturated heterocycles. The summed E-state index contributed by atoms with van der Waals surface area (Å²) >= 11 is 5.82. The summed E-state index contributed by atoms with van der Waals surface area (Å²) in [5.41, 5.74) is 1.23. The largest absolute Gasteiger partial charge is 0.280 e. The highest BCUT2D eigenvalue weighted by molar-refractivity contribution is 7.92. The Balaban J connectivity index is 2.15. The maximum Gasteiger partial charge on any atom is 0.233 e. The van der Waals surface area contributed by atoms with Gasteiger partial charge in [0, 0.05) is 6.20 Å². The van der Waals surface area contributed by atoms with Gasteiger partial charge in [-0.05, 0) is 37.3 Å². The molecule has 1 aliphatic carbocycles. The first-order valence-electron chi connectivity index (χ1n) is 5.09. The normalized spacial score (nSPS) is 16.1. The van der Waals surface area contributed by atoms with E-state index in [1.54, 1.807) is 12.3 Å². The van der Waals surface area contributed by atoms with E-state index in [1.807, 2.05) is 6.92 Å². The van der Waals surface area contributed by atoms with Gasteiger partial charge in [0.05, 0.1) is 11.4 Å². The van der Waals surface area contributed by atoms with Gasteiger partial charge in [-0.2, -0.15) is 0 Å². The molecule has 0 amide bonds. The molecule has 4 nitrogen and oxygen atoms in total. The summed E-state index contributed by atoms with van der Waals surface area (Å²) in [6.45, 7) is 1.84. The fraction of sp³-hybridized carbons (Fsp3) is 0.500. The van der Waals surface area contributed by atoms with Crippen LogP contribution in [0.5, 0.6) is 0 Å². The van der Waals surface area contributed by atoms with Crippen molar-refractivity contribution < 1.29 is 8.42 Å². The van der Waals surface area contributed by atoms with Crippen LogP contribution in [0.15, 0.2) is 12.3 Å². The van der Waals surface area contributed by atoms with Crippen LogP contribution < -0.4 is 4.72 Å². The number of anilines is 1. The third-order valence-corrected chi connectivity index (χ3v) is 4.14. The van der Waals surface area contributed by atoms with Crippen molar-refractivity contribution in [2.45, 2.75) is 19.8 Å². The van der Waals surface area contributed by atoms with Gasteiger partial charge in [0.1, 0.15) is 0 Å². The maximum absolute atomic E-state index is 11.7. The number of hydrogen-bond donors (Lipinski definition) is 1. The van der Waals surface area contributed by atoms with E-state index in [0.29, 0.717) is 11.6 Å². The Morgan fingerprint density at radius 1 is 1.56 bits per heavy atom. The van der Waals surface area contributed by atoms with Crippen molar-refractivity contribution in [3.63, 3.8) is 0 Å². The summed E-state index contributed by atoms with van der Waals surface area (Å²) in [5, 5.41) is 0.185. The van der Waals surface area contributed by atoms with Gasteiger partial charge < -0.3 is 0 Å². The number of halogens is 1. The minimum absolute atomic E-state index is 0.178. The molecule has 1 saturated carbocycles. The molecule has 16 heavy (non-hydrogen) atoms. The van der Waals surface area contributed by atoms with Crippen molar-refractivity contribution >= 4 is 27.3 Å². The monoisotopic (exact) mass is 260 g/mol. The second kappa shape index (κ2) is 4.22. The molecule has 6 heteroatoms. The smallest absolute Gasteiger partial charge is 0.233 e. The van der Waals surface area contributed by atoms with Gasteiger partial charge in [-0.3, -0.25) is 4.72 Å². The number of aromatic nitrogens is 1.